The number of nitrogens with one attached hydrogen (secondary N) is 1. The standard InChI is InChI=1S/C18H23N5O2S/c1-12-17(21-11-20-12)18(25)23-9-13-7-22(8-14(13)10-23)16(24)4-2-3-15-19-5-6-26-15/h5-6,11,13-14H,2-4,7-10H2,1H3,(H,20,21)/t13-,14+. The number of imidazole rings is 1. The number of rotatable bonds is 5. The largest absolute Gasteiger partial charge is 0.348 e. The van der Waals surface area contributed by atoms with Gasteiger partial charge in [-0.1, -0.05) is 0 Å². The quantitative estimate of drug-likeness (QED) is 0.865. The number of aromatic amines is 1. The van der Waals surface area contributed by atoms with Crippen LogP contribution in [0, 0.1) is 18.8 Å². The fraction of sp³-hybridized carbons (Fsp3) is 0.556. The van der Waals surface area contributed by atoms with E-state index in [1.165, 1.54) is 0 Å². The molecule has 2 aromatic heterocycles. The van der Waals surface area contributed by atoms with Gasteiger partial charge in [0.15, 0.2) is 0 Å². The Balaban J connectivity index is 1.26. The Morgan fingerprint density at radius 1 is 1.19 bits per heavy atom. The molecule has 4 rings (SSSR count). The minimum absolute atomic E-state index is 0.000487. The number of likely N-dealkylation sites (tertiary alicyclic amines) is 2. The van der Waals surface area contributed by atoms with E-state index in [9.17, 15) is 9.59 Å². The fourth-order valence-electron chi connectivity index (χ4n) is 4.01. The average molecular weight is 373 g/mol. The summed E-state index contributed by atoms with van der Waals surface area (Å²) >= 11 is 1.64. The molecule has 26 heavy (non-hydrogen) atoms. The van der Waals surface area contributed by atoms with Crippen LogP contribution in [-0.4, -0.2) is 62.7 Å². The van der Waals surface area contributed by atoms with Crippen LogP contribution in [-0.2, 0) is 11.2 Å². The van der Waals surface area contributed by atoms with E-state index in [2.05, 4.69) is 15.0 Å². The van der Waals surface area contributed by atoms with Gasteiger partial charge < -0.3 is 14.8 Å². The van der Waals surface area contributed by atoms with Crippen LogP contribution in [0.15, 0.2) is 17.9 Å². The van der Waals surface area contributed by atoms with E-state index >= 15 is 0 Å². The lowest BCUT2D eigenvalue weighted by Crippen LogP contribution is -2.36. The predicted molar refractivity (Wildman–Crippen MR) is 97.8 cm³/mol. The minimum atomic E-state index is -0.000487. The van der Waals surface area contributed by atoms with E-state index in [4.69, 9.17) is 0 Å². The molecule has 0 bridgehead atoms. The summed E-state index contributed by atoms with van der Waals surface area (Å²) in [5.41, 5.74) is 1.32. The SMILES string of the molecule is Cc1[nH]cnc1C(=O)N1C[C@H]2CN(C(=O)CCCc3nccs3)C[C@H]2C1. The number of aromatic nitrogens is 3. The van der Waals surface area contributed by atoms with Crippen molar-refractivity contribution in [1.29, 1.82) is 0 Å². The van der Waals surface area contributed by atoms with Crippen LogP contribution >= 0.6 is 11.3 Å². The van der Waals surface area contributed by atoms with E-state index in [1.54, 1.807) is 23.9 Å². The molecule has 0 radical (unpaired) electrons. The Bertz CT molecular complexity index is 773. The lowest BCUT2D eigenvalue weighted by molar-refractivity contribution is -0.130. The molecule has 0 unspecified atom stereocenters. The lowest BCUT2D eigenvalue weighted by Gasteiger charge is -2.21. The van der Waals surface area contributed by atoms with Gasteiger partial charge in [0.25, 0.3) is 5.91 Å². The molecule has 7 nitrogen and oxygen atoms in total. The molecule has 0 aliphatic carbocycles. The molecule has 2 amide bonds. The Morgan fingerprint density at radius 2 is 1.92 bits per heavy atom. The smallest absolute Gasteiger partial charge is 0.274 e. The van der Waals surface area contributed by atoms with E-state index in [-0.39, 0.29) is 11.8 Å². The number of aryl methyl sites for hydroxylation is 2. The zero-order valence-electron chi connectivity index (χ0n) is 14.9. The van der Waals surface area contributed by atoms with Crippen molar-refractivity contribution in [1.82, 2.24) is 24.8 Å². The van der Waals surface area contributed by atoms with Crippen molar-refractivity contribution in [3.05, 3.63) is 34.3 Å². The third-order valence-corrected chi connectivity index (χ3v) is 6.26. The molecule has 2 aliphatic heterocycles. The normalized spacial score (nSPS) is 22.0. The number of thiazole rings is 1. The first-order valence-electron chi connectivity index (χ1n) is 9.07. The van der Waals surface area contributed by atoms with E-state index in [0.29, 0.717) is 24.0 Å². The summed E-state index contributed by atoms with van der Waals surface area (Å²) in [7, 11) is 0. The molecule has 138 valence electrons. The van der Waals surface area contributed by atoms with Crippen LogP contribution < -0.4 is 0 Å². The van der Waals surface area contributed by atoms with E-state index in [1.807, 2.05) is 22.1 Å². The Morgan fingerprint density at radius 3 is 2.54 bits per heavy atom. The lowest BCUT2D eigenvalue weighted by atomic mass is 10.0. The highest BCUT2D eigenvalue weighted by Crippen LogP contribution is 2.32. The number of fused-ring (bicyclic) bond motifs is 1. The maximum absolute atomic E-state index is 12.6. The van der Waals surface area contributed by atoms with Crippen molar-refractivity contribution in [3.63, 3.8) is 0 Å². The molecule has 2 saturated heterocycles. The molecule has 0 saturated carbocycles. The second kappa shape index (κ2) is 7.19. The highest BCUT2D eigenvalue weighted by molar-refractivity contribution is 7.09. The third kappa shape index (κ3) is 3.38. The van der Waals surface area contributed by atoms with Gasteiger partial charge >= 0.3 is 0 Å². The average Bonchev–Trinajstić information content (AvgIpc) is 3.37. The molecular formula is C18H23N5O2S. The summed E-state index contributed by atoms with van der Waals surface area (Å²) in [6, 6.07) is 0. The first-order chi connectivity index (χ1) is 12.6. The van der Waals surface area contributed by atoms with Gasteiger partial charge in [0.2, 0.25) is 5.91 Å². The van der Waals surface area contributed by atoms with Gasteiger partial charge in [-0.15, -0.1) is 11.3 Å². The van der Waals surface area contributed by atoms with Gasteiger partial charge in [0, 0.05) is 61.7 Å². The molecule has 8 heteroatoms. The number of H-pyrrole nitrogens is 1. The summed E-state index contributed by atoms with van der Waals surface area (Å²) in [6.07, 6.45) is 5.66. The van der Waals surface area contributed by atoms with Crippen LogP contribution in [0.2, 0.25) is 0 Å². The summed E-state index contributed by atoms with van der Waals surface area (Å²) in [5.74, 6) is 1.01. The van der Waals surface area contributed by atoms with Crippen molar-refractivity contribution >= 4 is 23.2 Å². The fourth-order valence-corrected chi connectivity index (χ4v) is 4.67. The Hall–Kier alpha value is -2.22. The molecule has 2 aliphatic rings. The summed E-state index contributed by atoms with van der Waals surface area (Å²) < 4.78 is 0. The van der Waals surface area contributed by atoms with E-state index in [0.717, 1.165) is 49.7 Å². The van der Waals surface area contributed by atoms with Gasteiger partial charge in [-0.3, -0.25) is 9.59 Å². The van der Waals surface area contributed by atoms with Gasteiger partial charge in [-0.2, -0.15) is 0 Å². The van der Waals surface area contributed by atoms with Crippen molar-refractivity contribution < 1.29 is 9.59 Å². The molecule has 2 atom stereocenters. The Kier molecular flexibility index (Phi) is 4.76. The number of hydrogen-bond acceptors (Lipinski definition) is 5. The van der Waals surface area contributed by atoms with Gasteiger partial charge in [0.1, 0.15) is 5.69 Å². The monoisotopic (exact) mass is 373 g/mol. The topological polar surface area (TPSA) is 82.2 Å². The zero-order valence-corrected chi connectivity index (χ0v) is 15.7. The Labute approximate surface area is 156 Å². The predicted octanol–water partition coefficient (Wildman–Crippen LogP) is 1.73. The van der Waals surface area contributed by atoms with Gasteiger partial charge in [-0.25, -0.2) is 9.97 Å². The number of carbonyl (C=O) groups excluding carboxylic acids is 2. The number of hydrogen-bond donors (Lipinski definition) is 1. The molecule has 1 N–H and O–H groups in total. The van der Waals surface area contributed by atoms with Crippen LogP contribution in [0.1, 0.15) is 34.0 Å². The van der Waals surface area contributed by atoms with Crippen molar-refractivity contribution in [2.45, 2.75) is 26.2 Å². The van der Waals surface area contributed by atoms with Crippen molar-refractivity contribution in [2.75, 3.05) is 26.2 Å². The number of amides is 2. The third-order valence-electron chi connectivity index (χ3n) is 5.42. The maximum Gasteiger partial charge on any atom is 0.274 e. The van der Waals surface area contributed by atoms with Gasteiger partial charge in [0.05, 0.1) is 11.3 Å². The van der Waals surface area contributed by atoms with Crippen molar-refractivity contribution in [2.24, 2.45) is 11.8 Å². The molecule has 2 fully saturated rings. The van der Waals surface area contributed by atoms with Gasteiger partial charge in [-0.05, 0) is 19.8 Å². The van der Waals surface area contributed by atoms with Crippen molar-refractivity contribution in [3.8, 4) is 0 Å². The highest BCUT2D eigenvalue weighted by atomic mass is 32.1. The minimum Gasteiger partial charge on any atom is -0.348 e. The molecule has 4 heterocycles. The summed E-state index contributed by atoms with van der Waals surface area (Å²) in [5, 5.41) is 3.06. The number of nitrogens with zero attached hydrogens (tertiary/aromatic N) is 4. The molecule has 0 spiro atoms. The summed E-state index contributed by atoms with van der Waals surface area (Å²) in [4.78, 5) is 40.3. The maximum atomic E-state index is 12.6. The van der Waals surface area contributed by atoms with E-state index < -0.39 is 0 Å². The molecule has 0 aromatic carbocycles. The number of carbonyl (C=O) groups is 2. The highest BCUT2D eigenvalue weighted by Gasteiger charge is 2.43. The zero-order chi connectivity index (χ0) is 18.1. The first kappa shape index (κ1) is 17.2. The molecular weight excluding hydrogens is 350 g/mol. The second-order valence-electron chi connectivity index (χ2n) is 7.18. The van der Waals surface area contributed by atoms with Crippen LogP contribution in [0.25, 0.3) is 0 Å². The second-order valence-corrected chi connectivity index (χ2v) is 8.16. The summed E-state index contributed by atoms with van der Waals surface area (Å²) in [6.45, 7) is 4.84. The first-order valence-corrected chi connectivity index (χ1v) is 9.95. The van der Waals surface area contributed by atoms with Crippen LogP contribution in [0.3, 0.4) is 0 Å². The van der Waals surface area contributed by atoms with Crippen LogP contribution in [0.4, 0.5) is 0 Å². The van der Waals surface area contributed by atoms with Crippen LogP contribution in [0.5, 0.6) is 0 Å². The molecule has 2 aromatic rings.